The van der Waals surface area contributed by atoms with Crippen LogP contribution in [0.4, 0.5) is 4.39 Å². The lowest BCUT2D eigenvalue weighted by molar-refractivity contribution is 0.101. The van der Waals surface area contributed by atoms with Gasteiger partial charge in [-0.2, -0.15) is 0 Å². The fourth-order valence-electron chi connectivity index (χ4n) is 3.09. The van der Waals surface area contributed by atoms with Gasteiger partial charge in [0.2, 0.25) is 10.0 Å². The highest BCUT2D eigenvalue weighted by atomic mass is 32.2. The molecule has 3 aromatic carbocycles. The first-order valence-electron chi connectivity index (χ1n) is 8.79. The van der Waals surface area contributed by atoms with E-state index in [2.05, 4.69) is 0 Å². The zero-order chi connectivity index (χ0) is 21.2. The minimum absolute atomic E-state index is 0.00168. The third kappa shape index (κ3) is 4.52. The molecule has 0 unspecified atom stereocenters. The number of ketones is 1. The molecule has 0 fully saturated rings. The van der Waals surface area contributed by atoms with Gasteiger partial charge in [0.15, 0.2) is 5.78 Å². The second kappa shape index (κ2) is 8.14. The van der Waals surface area contributed by atoms with Gasteiger partial charge in [-0.3, -0.25) is 4.79 Å². The Hall–Kier alpha value is -3.03. The van der Waals surface area contributed by atoms with Gasteiger partial charge in [-0.15, -0.1) is 0 Å². The molecule has 0 atom stereocenters. The number of Topliss-reactive ketones (excluding diaryl/α,β-unsaturated/α-hetero) is 1. The van der Waals surface area contributed by atoms with Crippen LogP contribution in [-0.2, 0) is 16.4 Å². The van der Waals surface area contributed by atoms with Crippen LogP contribution in [0, 0.1) is 5.82 Å². The highest BCUT2D eigenvalue weighted by Crippen LogP contribution is 2.35. The summed E-state index contributed by atoms with van der Waals surface area (Å²) in [6.45, 7) is 1.45. The van der Waals surface area contributed by atoms with E-state index in [-0.39, 0.29) is 22.7 Å². The zero-order valence-corrected chi connectivity index (χ0v) is 16.8. The number of benzene rings is 3. The van der Waals surface area contributed by atoms with Crippen molar-refractivity contribution in [2.75, 3.05) is 7.11 Å². The minimum Gasteiger partial charge on any atom is -0.496 e. The Kier molecular flexibility index (Phi) is 5.81. The lowest BCUT2D eigenvalue weighted by Gasteiger charge is -2.14. The van der Waals surface area contributed by atoms with Crippen molar-refractivity contribution in [1.29, 1.82) is 0 Å². The molecule has 0 saturated carbocycles. The van der Waals surface area contributed by atoms with Crippen LogP contribution < -0.4 is 9.88 Å². The minimum atomic E-state index is -3.78. The third-order valence-electron chi connectivity index (χ3n) is 4.61. The first kappa shape index (κ1) is 20.7. The first-order valence-corrected chi connectivity index (χ1v) is 10.3. The van der Waals surface area contributed by atoms with Gasteiger partial charge < -0.3 is 4.74 Å². The van der Waals surface area contributed by atoms with Crippen LogP contribution in [-0.4, -0.2) is 21.3 Å². The molecule has 2 N–H and O–H groups in total. The summed E-state index contributed by atoms with van der Waals surface area (Å²) in [7, 11) is -2.32. The van der Waals surface area contributed by atoms with E-state index in [1.807, 2.05) is 0 Å². The van der Waals surface area contributed by atoms with Crippen molar-refractivity contribution in [1.82, 2.24) is 0 Å². The SMILES string of the molecule is COc1ccc(Cc2ccc(S(N)(=O)=O)cc2)c(F)c1-c1cccc(C(C)=O)c1. The Morgan fingerprint density at radius 2 is 1.76 bits per heavy atom. The molecule has 0 aliphatic rings. The molecular formula is C22H20FNO4S. The summed E-state index contributed by atoms with van der Waals surface area (Å²) in [6, 6.07) is 16.0. The van der Waals surface area contributed by atoms with Crippen molar-refractivity contribution >= 4 is 15.8 Å². The van der Waals surface area contributed by atoms with Crippen molar-refractivity contribution in [3.8, 4) is 16.9 Å². The van der Waals surface area contributed by atoms with Gasteiger partial charge in [-0.25, -0.2) is 17.9 Å². The fraction of sp³-hybridized carbons (Fsp3) is 0.136. The van der Waals surface area contributed by atoms with E-state index in [4.69, 9.17) is 9.88 Å². The van der Waals surface area contributed by atoms with Crippen molar-refractivity contribution in [3.05, 3.63) is 83.2 Å². The summed E-state index contributed by atoms with van der Waals surface area (Å²) >= 11 is 0. The summed E-state index contributed by atoms with van der Waals surface area (Å²) in [6.07, 6.45) is 0.250. The smallest absolute Gasteiger partial charge is 0.238 e. The number of primary sulfonamides is 1. The maximum Gasteiger partial charge on any atom is 0.238 e. The molecule has 5 nitrogen and oxygen atoms in total. The van der Waals surface area contributed by atoms with E-state index in [0.717, 1.165) is 5.56 Å². The number of rotatable bonds is 6. The molecule has 7 heteroatoms. The van der Waals surface area contributed by atoms with Crippen molar-refractivity contribution in [2.45, 2.75) is 18.2 Å². The number of ether oxygens (including phenoxy) is 1. The van der Waals surface area contributed by atoms with Gasteiger partial charge in [0.05, 0.1) is 17.6 Å². The maximum absolute atomic E-state index is 15.4. The average Bonchev–Trinajstić information content (AvgIpc) is 2.69. The number of nitrogens with two attached hydrogens (primary N) is 1. The van der Waals surface area contributed by atoms with Crippen LogP contribution in [0.2, 0.25) is 0 Å². The van der Waals surface area contributed by atoms with Crippen LogP contribution >= 0.6 is 0 Å². The Morgan fingerprint density at radius 1 is 1.07 bits per heavy atom. The quantitative estimate of drug-likeness (QED) is 0.620. The summed E-state index contributed by atoms with van der Waals surface area (Å²) in [5.41, 5.74) is 2.43. The molecule has 0 aromatic heterocycles. The second-order valence-corrected chi connectivity index (χ2v) is 8.18. The molecule has 3 rings (SSSR count). The van der Waals surface area contributed by atoms with Crippen LogP contribution in [0.5, 0.6) is 5.75 Å². The number of hydrogen-bond acceptors (Lipinski definition) is 4. The van der Waals surface area contributed by atoms with E-state index >= 15 is 4.39 Å². The van der Waals surface area contributed by atoms with Crippen LogP contribution in [0.1, 0.15) is 28.4 Å². The summed E-state index contributed by atoms with van der Waals surface area (Å²) < 4.78 is 43.5. The van der Waals surface area contributed by atoms with E-state index < -0.39 is 15.8 Å². The Bertz CT molecular complexity index is 1170. The fourth-order valence-corrected chi connectivity index (χ4v) is 3.60. The maximum atomic E-state index is 15.4. The molecular weight excluding hydrogens is 393 g/mol. The van der Waals surface area contributed by atoms with Gasteiger partial charge in [-0.05, 0) is 47.9 Å². The molecule has 3 aromatic rings. The molecule has 0 amide bonds. The summed E-state index contributed by atoms with van der Waals surface area (Å²) in [5.74, 6) is -0.213. The predicted octanol–water partition coefficient (Wildman–Crippen LogP) is 3.94. The summed E-state index contributed by atoms with van der Waals surface area (Å²) in [4.78, 5) is 11.7. The molecule has 0 saturated heterocycles. The zero-order valence-electron chi connectivity index (χ0n) is 16.0. The van der Waals surface area contributed by atoms with Gasteiger partial charge in [-0.1, -0.05) is 36.4 Å². The Labute approximate surface area is 169 Å². The highest BCUT2D eigenvalue weighted by molar-refractivity contribution is 7.89. The van der Waals surface area contributed by atoms with Gasteiger partial charge in [0.25, 0.3) is 0 Å². The number of halogens is 1. The first-order chi connectivity index (χ1) is 13.7. The largest absolute Gasteiger partial charge is 0.496 e. The van der Waals surface area contributed by atoms with E-state index in [1.165, 1.54) is 26.2 Å². The second-order valence-electron chi connectivity index (χ2n) is 6.62. The molecule has 0 aliphatic carbocycles. The lowest BCUT2D eigenvalue weighted by atomic mass is 9.95. The molecule has 150 valence electrons. The monoisotopic (exact) mass is 413 g/mol. The molecule has 0 radical (unpaired) electrons. The third-order valence-corrected chi connectivity index (χ3v) is 5.54. The Balaban J connectivity index is 2.03. The molecule has 0 heterocycles. The van der Waals surface area contributed by atoms with Crippen LogP contribution in [0.25, 0.3) is 11.1 Å². The number of carbonyl (C=O) groups excluding carboxylic acids is 1. The van der Waals surface area contributed by atoms with Gasteiger partial charge in [0, 0.05) is 12.0 Å². The van der Waals surface area contributed by atoms with Crippen molar-refractivity contribution in [3.63, 3.8) is 0 Å². The summed E-state index contributed by atoms with van der Waals surface area (Å²) in [5, 5.41) is 5.11. The predicted molar refractivity (Wildman–Crippen MR) is 109 cm³/mol. The normalized spacial score (nSPS) is 11.3. The number of methoxy groups -OCH3 is 1. The standard InChI is InChI=1S/C22H20FNO4S/c1-14(25)16-4-3-5-17(13-16)21-20(28-2)11-8-18(22(21)23)12-15-6-9-19(10-7-15)29(24,26)27/h3-11,13H,12H2,1-2H3,(H2,24,26,27). The lowest BCUT2D eigenvalue weighted by Crippen LogP contribution is -2.11. The molecule has 0 aliphatic heterocycles. The van der Waals surface area contributed by atoms with Crippen molar-refractivity contribution in [2.24, 2.45) is 5.14 Å². The van der Waals surface area contributed by atoms with Crippen molar-refractivity contribution < 1.29 is 22.3 Å². The van der Waals surface area contributed by atoms with E-state index in [1.54, 1.807) is 48.5 Å². The Morgan fingerprint density at radius 3 is 2.34 bits per heavy atom. The van der Waals surface area contributed by atoms with Crippen LogP contribution in [0.15, 0.2) is 65.6 Å². The molecule has 0 spiro atoms. The van der Waals surface area contributed by atoms with E-state index in [0.29, 0.717) is 22.4 Å². The number of sulfonamides is 1. The molecule has 0 bridgehead atoms. The highest BCUT2D eigenvalue weighted by Gasteiger charge is 2.17. The number of carbonyl (C=O) groups is 1. The van der Waals surface area contributed by atoms with Gasteiger partial charge >= 0.3 is 0 Å². The van der Waals surface area contributed by atoms with Crippen LogP contribution in [0.3, 0.4) is 0 Å². The van der Waals surface area contributed by atoms with Gasteiger partial charge in [0.1, 0.15) is 11.6 Å². The van der Waals surface area contributed by atoms with E-state index in [9.17, 15) is 13.2 Å². The topological polar surface area (TPSA) is 86.5 Å². The number of hydrogen-bond donors (Lipinski definition) is 1. The molecule has 29 heavy (non-hydrogen) atoms. The average molecular weight is 413 g/mol.